The van der Waals surface area contributed by atoms with Crippen molar-refractivity contribution in [2.75, 3.05) is 13.6 Å². The van der Waals surface area contributed by atoms with Crippen LogP contribution in [0.25, 0.3) is 0 Å². The molecule has 3 nitrogen and oxygen atoms in total. The molecule has 2 aromatic heterocycles. The maximum atomic E-state index is 12.2. The van der Waals surface area contributed by atoms with Crippen molar-refractivity contribution >= 4 is 49.1 Å². The molecule has 0 fully saturated rings. The van der Waals surface area contributed by atoms with Gasteiger partial charge in [0.05, 0.1) is 8.66 Å². The van der Waals surface area contributed by atoms with Gasteiger partial charge in [-0.15, -0.1) is 11.3 Å². The monoisotopic (exact) mass is 402 g/mol. The zero-order valence-corrected chi connectivity index (χ0v) is 14.3. The van der Waals surface area contributed by atoms with Gasteiger partial charge >= 0.3 is 0 Å². The van der Waals surface area contributed by atoms with Gasteiger partial charge in [0.2, 0.25) is 0 Å². The highest BCUT2D eigenvalue weighted by molar-refractivity contribution is 9.13. The molecule has 0 spiro atoms. The molecule has 100 valence electrons. The van der Waals surface area contributed by atoms with Crippen molar-refractivity contribution in [3.05, 3.63) is 49.3 Å². The second kappa shape index (κ2) is 6.63. The van der Waals surface area contributed by atoms with Crippen molar-refractivity contribution in [1.29, 1.82) is 0 Å². The number of hydrogen-bond donors (Lipinski definition) is 0. The van der Waals surface area contributed by atoms with Gasteiger partial charge in [0.15, 0.2) is 0 Å². The Morgan fingerprint density at radius 1 is 1.42 bits per heavy atom. The van der Waals surface area contributed by atoms with Gasteiger partial charge in [0.1, 0.15) is 0 Å². The Kier molecular flexibility index (Phi) is 5.13. The number of nitrogens with zero attached hydrogens (tertiary/aromatic N) is 2. The number of aromatic nitrogens is 1. The number of pyridine rings is 1. The third-order valence-electron chi connectivity index (χ3n) is 2.63. The maximum absolute atomic E-state index is 12.2. The zero-order chi connectivity index (χ0) is 13.8. The Bertz CT molecular complexity index is 552. The number of likely N-dealkylation sites (N-methyl/N-ethyl adjacent to an activating group) is 1. The lowest BCUT2D eigenvalue weighted by molar-refractivity contribution is 0.0801. The van der Waals surface area contributed by atoms with Crippen LogP contribution in [-0.2, 0) is 6.42 Å². The minimum absolute atomic E-state index is 0.0346. The molecule has 0 saturated carbocycles. The smallest absolute Gasteiger partial charge is 0.263 e. The van der Waals surface area contributed by atoms with Crippen LogP contribution in [0.4, 0.5) is 0 Å². The first kappa shape index (κ1) is 14.7. The molecule has 2 aromatic rings. The van der Waals surface area contributed by atoms with Gasteiger partial charge in [-0.05, 0) is 50.1 Å². The lowest BCUT2D eigenvalue weighted by Gasteiger charge is -2.15. The van der Waals surface area contributed by atoms with Crippen LogP contribution in [0.5, 0.6) is 0 Å². The van der Waals surface area contributed by atoms with Crippen molar-refractivity contribution in [2.24, 2.45) is 0 Å². The summed E-state index contributed by atoms with van der Waals surface area (Å²) in [5, 5.41) is 0. The molecule has 0 N–H and O–H groups in total. The van der Waals surface area contributed by atoms with E-state index in [-0.39, 0.29) is 5.91 Å². The third kappa shape index (κ3) is 3.87. The van der Waals surface area contributed by atoms with Crippen molar-refractivity contribution in [1.82, 2.24) is 9.88 Å². The molecule has 19 heavy (non-hydrogen) atoms. The van der Waals surface area contributed by atoms with E-state index in [0.717, 1.165) is 25.3 Å². The fraction of sp³-hybridized carbons (Fsp3) is 0.231. The first-order valence-electron chi connectivity index (χ1n) is 5.68. The van der Waals surface area contributed by atoms with Crippen LogP contribution >= 0.6 is 43.2 Å². The predicted octanol–water partition coefficient (Wildman–Crippen LogP) is 3.98. The van der Waals surface area contributed by atoms with Gasteiger partial charge in [-0.25, -0.2) is 0 Å². The summed E-state index contributed by atoms with van der Waals surface area (Å²) in [5.41, 5.74) is 0.996. The Hall–Kier alpha value is -0.720. The summed E-state index contributed by atoms with van der Waals surface area (Å²) in [6.07, 6.45) is 2.53. The van der Waals surface area contributed by atoms with Crippen molar-refractivity contribution in [3.8, 4) is 0 Å². The number of carbonyl (C=O) groups excluding carboxylic acids is 1. The molecule has 1 amide bonds. The molecule has 0 saturated heterocycles. The van der Waals surface area contributed by atoms with Crippen LogP contribution in [-0.4, -0.2) is 29.4 Å². The molecule has 2 rings (SSSR count). The van der Waals surface area contributed by atoms with Crippen LogP contribution in [0.15, 0.2) is 38.7 Å². The standard InChI is InChI=1S/C13H12Br2N2OS/c1-17(7-5-9-4-2-3-6-16-9)13(18)11-8-10(14)12(15)19-11/h2-4,6,8H,5,7H2,1H3. The van der Waals surface area contributed by atoms with E-state index in [1.54, 1.807) is 11.1 Å². The molecule has 0 atom stereocenters. The van der Waals surface area contributed by atoms with Crippen LogP contribution in [0.2, 0.25) is 0 Å². The number of rotatable bonds is 4. The van der Waals surface area contributed by atoms with Gasteiger partial charge in [-0.1, -0.05) is 6.07 Å². The van der Waals surface area contributed by atoms with E-state index in [0.29, 0.717) is 6.54 Å². The molecular weight excluding hydrogens is 392 g/mol. The lowest BCUT2D eigenvalue weighted by atomic mass is 10.2. The fourth-order valence-electron chi connectivity index (χ4n) is 1.57. The first-order chi connectivity index (χ1) is 9.08. The SMILES string of the molecule is CN(CCc1ccccn1)C(=O)c1cc(Br)c(Br)s1. The van der Waals surface area contributed by atoms with E-state index in [9.17, 15) is 4.79 Å². The van der Waals surface area contributed by atoms with E-state index < -0.39 is 0 Å². The lowest BCUT2D eigenvalue weighted by Crippen LogP contribution is -2.28. The maximum Gasteiger partial charge on any atom is 0.263 e. The van der Waals surface area contributed by atoms with Crippen molar-refractivity contribution < 1.29 is 4.79 Å². The molecule has 0 aromatic carbocycles. The average Bonchev–Trinajstić information content (AvgIpc) is 2.76. The molecule has 2 heterocycles. The number of hydrogen-bond acceptors (Lipinski definition) is 3. The molecule has 0 radical (unpaired) electrons. The largest absolute Gasteiger partial charge is 0.341 e. The van der Waals surface area contributed by atoms with Gasteiger partial charge < -0.3 is 4.90 Å². The molecule has 0 unspecified atom stereocenters. The Morgan fingerprint density at radius 3 is 2.79 bits per heavy atom. The Labute approximate surface area is 132 Å². The topological polar surface area (TPSA) is 33.2 Å². The van der Waals surface area contributed by atoms with Crippen molar-refractivity contribution in [3.63, 3.8) is 0 Å². The van der Waals surface area contributed by atoms with Gasteiger partial charge in [-0.2, -0.15) is 0 Å². The minimum Gasteiger partial charge on any atom is -0.341 e. The number of carbonyl (C=O) groups is 1. The number of amides is 1. The summed E-state index contributed by atoms with van der Waals surface area (Å²) in [7, 11) is 1.81. The Morgan fingerprint density at radius 2 is 2.21 bits per heavy atom. The molecule has 0 aliphatic rings. The van der Waals surface area contributed by atoms with Crippen LogP contribution < -0.4 is 0 Å². The van der Waals surface area contributed by atoms with Crippen LogP contribution in [0, 0.1) is 0 Å². The van der Waals surface area contributed by atoms with Crippen LogP contribution in [0.3, 0.4) is 0 Å². The first-order valence-corrected chi connectivity index (χ1v) is 8.08. The van der Waals surface area contributed by atoms with Crippen LogP contribution in [0.1, 0.15) is 15.4 Å². The molecule has 0 bridgehead atoms. The third-order valence-corrected chi connectivity index (χ3v) is 5.88. The minimum atomic E-state index is 0.0346. The summed E-state index contributed by atoms with van der Waals surface area (Å²) in [5.74, 6) is 0.0346. The highest BCUT2D eigenvalue weighted by atomic mass is 79.9. The van der Waals surface area contributed by atoms with Gasteiger partial charge in [-0.3, -0.25) is 9.78 Å². The van der Waals surface area contributed by atoms with E-state index in [1.807, 2.05) is 31.3 Å². The van der Waals surface area contributed by atoms with E-state index in [4.69, 9.17) is 0 Å². The fourth-order valence-corrected chi connectivity index (χ4v) is 3.60. The summed E-state index contributed by atoms with van der Waals surface area (Å²) in [6.45, 7) is 0.656. The van der Waals surface area contributed by atoms with E-state index in [2.05, 4.69) is 36.8 Å². The number of halogens is 2. The summed E-state index contributed by atoms with van der Waals surface area (Å²) < 4.78 is 1.85. The normalized spacial score (nSPS) is 10.5. The average molecular weight is 404 g/mol. The van der Waals surface area contributed by atoms with Gasteiger partial charge in [0.25, 0.3) is 5.91 Å². The second-order valence-electron chi connectivity index (χ2n) is 4.03. The summed E-state index contributed by atoms with van der Waals surface area (Å²) in [6, 6.07) is 7.65. The molecule has 0 aliphatic carbocycles. The van der Waals surface area contributed by atoms with Crippen molar-refractivity contribution in [2.45, 2.75) is 6.42 Å². The zero-order valence-electron chi connectivity index (χ0n) is 10.3. The molecule has 6 heteroatoms. The quantitative estimate of drug-likeness (QED) is 0.773. The Balaban J connectivity index is 1.96. The molecule has 0 aliphatic heterocycles. The summed E-state index contributed by atoms with van der Waals surface area (Å²) >= 11 is 8.23. The number of thiophene rings is 1. The highest BCUT2D eigenvalue weighted by Crippen LogP contribution is 2.32. The molecular formula is C13H12Br2N2OS. The van der Waals surface area contributed by atoms with E-state index >= 15 is 0 Å². The second-order valence-corrected chi connectivity index (χ2v) is 7.25. The van der Waals surface area contributed by atoms with Gasteiger partial charge in [0, 0.05) is 36.4 Å². The highest BCUT2D eigenvalue weighted by Gasteiger charge is 2.16. The van der Waals surface area contributed by atoms with E-state index in [1.165, 1.54) is 11.3 Å². The predicted molar refractivity (Wildman–Crippen MR) is 84.6 cm³/mol. The summed E-state index contributed by atoms with van der Waals surface area (Å²) in [4.78, 5) is 18.9.